The van der Waals surface area contributed by atoms with Gasteiger partial charge in [0.25, 0.3) is 0 Å². The minimum atomic E-state index is -0.753. The third-order valence-corrected chi connectivity index (χ3v) is 3.17. The molecule has 1 amide bonds. The molecule has 1 rings (SSSR count). The van der Waals surface area contributed by atoms with E-state index in [1.165, 1.54) is 12.8 Å². The highest BCUT2D eigenvalue weighted by Gasteiger charge is 2.19. The lowest BCUT2D eigenvalue weighted by Gasteiger charge is -2.10. The van der Waals surface area contributed by atoms with E-state index in [9.17, 15) is 9.59 Å². The predicted molar refractivity (Wildman–Crippen MR) is 69.3 cm³/mol. The first kappa shape index (κ1) is 15.0. The average molecular weight is 256 g/mol. The van der Waals surface area contributed by atoms with E-state index < -0.39 is 5.97 Å². The molecule has 1 unspecified atom stereocenters. The van der Waals surface area contributed by atoms with E-state index in [-0.39, 0.29) is 12.3 Å². The topological polar surface area (TPSA) is 78.4 Å². The van der Waals surface area contributed by atoms with Crippen LogP contribution in [-0.2, 0) is 9.59 Å². The normalized spacial score (nSPS) is 16.3. The van der Waals surface area contributed by atoms with Crippen molar-refractivity contribution in [1.82, 2.24) is 10.6 Å². The Morgan fingerprint density at radius 2 is 1.94 bits per heavy atom. The van der Waals surface area contributed by atoms with Crippen LogP contribution in [-0.4, -0.2) is 36.1 Å². The molecular formula is C13H24N2O3. The van der Waals surface area contributed by atoms with E-state index in [2.05, 4.69) is 10.6 Å². The van der Waals surface area contributed by atoms with Crippen molar-refractivity contribution in [3.05, 3.63) is 0 Å². The van der Waals surface area contributed by atoms with Gasteiger partial charge in [-0.15, -0.1) is 0 Å². The first-order valence-electron chi connectivity index (χ1n) is 6.80. The van der Waals surface area contributed by atoms with Crippen LogP contribution in [0.3, 0.4) is 0 Å². The van der Waals surface area contributed by atoms with Crippen LogP contribution in [0.25, 0.3) is 0 Å². The van der Waals surface area contributed by atoms with Crippen LogP contribution in [0.1, 0.15) is 45.4 Å². The summed E-state index contributed by atoms with van der Waals surface area (Å²) in [6, 6.07) is 0.647. The molecule has 3 N–H and O–H groups in total. The zero-order valence-corrected chi connectivity index (χ0v) is 11.1. The molecule has 1 aliphatic carbocycles. The van der Waals surface area contributed by atoms with Gasteiger partial charge in [-0.3, -0.25) is 9.59 Å². The maximum atomic E-state index is 11.4. The molecule has 0 aromatic rings. The van der Waals surface area contributed by atoms with Crippen LogP contribution >= 0.6 is 0 Å². The highest BCUT2D eigenvalue weighted by molar-refractivity contribution is 5.76. The van der Waals surface area contributed by atoms with E-state index in [4.69, 9.17) is 5.11 Å². The summed E-state index contributed by atoms with van der Waals surface area (Å²) in [6.07, 6.45) is 4.73. The summed E-state index contributed by atoms with van der Waals surface area (Å²) in [5, 5.41) is 14.7. The van der Waals surface area contributed by atoms with Gasteiger partial charge in [-0.1, -0.05) is 6.92 Å². The number of carboxylic acid groups (broad SMARTS) is 1. The molecular weight excluding hydrogens is 232 g/mol. The molecule has 0 aromatic carbocycles. The smallest absolute Gasteiger partial charge is 0.303 e. The monoisotopic (exact) mass is 256 g/mol. The first-order chi connectivity index (χ1) is 8.58. The summed E-state index contributed by atoms with van der Waals surface area (Å²) < 4.78 is 0. The van der Waals surface area contributed by atoms with Gasteiger partial charge in [0.1, 0.15) is 0 Å². The molecule has 1 fully saturated rings. The standard InChI is InChI=1S/C13H24N2O3/c1-10(2-5-13(17)18)6-8-15-12(16)7-9-14-11-3-4-11/h10-11,14H,2-9H2,1H3,(H,15,16)(H,17,18). The maximum Gasteiger partial charge on any atom is 0.303 e. The number of carbonyl (C=O) groups excluding carboxylic acids is 1. The van der Waals surface area contributed by atoms with Crippen molar-refractivity contribution in [3.63, 3.8) is 0 Å². The van der Waals surface area contributed by atoms with Crippen LogP contribution < -0.4 is 10.6 Å². The number of hydrogen-bond donors (Lipinski definition) is 3. The Kier molecular flexibility index (Phi) is 6.72. The summed E-state index contributed by atoms with van der Waals surface area (Å²) in [5.41, 5.74) is 0. The quantitative estimate of drug-likeness (QED) is 0.547. The Hall–Kier alpha value is -1.10. The van der Waals surface area contributed by atoms with Crippen molar-refractivity contribution in [2.75, 3.05) is 13.1 Å². The maximum absolute atomic E-state index is 11.4. The van der Waals surface area contributed by atoms with E-state index in [0.29, 0.717) is 31.3 Å². The van der Waals surface area contributed by atoms with E-state index in [1.807, 2.05) is 6.92 Å². The van der Waals surface area contributed by atoms with Gasteiger partial charge in [-0.25, -0.2) is 0 Å². The van der Waals surface area contributed by atoms with Crippen molar-refractivity contribution in [2.45, 2.75) is 51.5 Å². The largest absolute Gasteiger partial charge is 0.481 e. The number of aliphatic carboxylic acids is 1. The molecule has 0 spiro atoms. The van der Waals surface area contributed by atoms with Gasteiger partial charge >= 0.3 is 5.97 Å². The predicted octanol–water partition coefficient (Wildman–Crippen LogP) is 1.14. The van der Waals surface area contributed by atoms with E-state index in [0.717, 1.165) is 13.0 Å². The zero-order valence-electron chi connectivity index (χ0n) is 11.1. The van der Waals surface area contributed by atoms with Gasteiger partial charge in [0, 0.05) is 32.0 Å². The molecule has 5 heteroatoms. The molecule has 0 aromatic heterocycles. The second-order valence-electron chi connectivity index (χ2n) is 5.15. The van der Waals surface area contributed by atoms with Crippen LogP contribution in [0.4, 0.5) is 0 Å². The fraction of sp³-hybridized carbons (Fsp3) is 0.846. The van der Waals surface area contributed by atoms with Crippen molar-refractivity contribution >= 4 is 11.9 Å². The summed E-state index contributed by atoms with van der Waals surface area (Å²) in [5.74, 6) is -0.336. The van der Waals surface area contributed by atoms with Gasteiger partial charge < -0.3 is 15.7 Å². The molecule has 1 atom stereocenters. The third kappa shape index (κ3) is 8.06. The Morgan fingerprint density at radius 3 is 2.56 bits per heavy atom. The Labute approximate surface area is 108 Å². The minimum Gasteiger partial charge on any atom is -0.481 e. The SMILES string of the molecule is CC(CCNC(=O)CCNC1CC1)CCC(=O)O. The first-order valence-corrected chi connectivity index (χ1v) is 6.80. The number of carbonyl (C=O) groups is 2. The van der Waals surface area contributed by atoms with Crippen molar-refractivity contribution in [2.24, 2.45) is 5.92 Å². The summed E-state index contributed by atoms with van der Waals surface area (Å²) in [6.45, 7) is 3.41. The van der Waals surface area contributed by atoms with Crippen LogP contribution in [0, 0.1) is 5.92 Å². The van der Waals surface area contributed by atoms with E-state index >= 15 is 0 Å². The average Bonchev–Trinajstić information content (AvgIpc) is 3.10. The van der Waals surface area contributed by atoms with Crippen molar-refractivity contribution < 1.29 is 14.7 Å². The number of hydrogen-bond acceptors (Lipinski definition) is 3. The number of nitrogens with one attached hydrogen (secondary N) is 2. The fourth-order valence-electron chi connectivity index (χ4n) is 1.74. The molecule has 1 saturated carbocycles. The molecule has 1 aliphatic rings. The lowest BCUT2D eigenvalue weighted by molar-refractivity contribution is -0.137. The van der Waals surface area contributed by atoms with E-state index in [1.54, 1.807) is 0 Å². The number of rotatable bonds is 10. The van der Waals surface area contributed by atoms with Gasteiger partial charge in [0.2, 0.25) is 5.91 Å². The van der Waals surface area contributed by atoms with Gasteiger partial charge in [0.05, 0.1) is 0 Å². The summed E-state index contributed by atoms with van der Waals surface area (Å²) in [4.78, 5) is 21.8. The van der Waals surface area contributed by atoms with Gasteiger partial charge in [-0.05, 0) is 31.6 Å². The summed E-state index contributed by atoms with van der Waals surface area (Å²) >= 11 is 0. The third-order valence-electron chi connectivity index (χ3n) is 3.17. The fourth-order valence-corrected chi connectivity index (χ4v) is 1.74. The molecule has 104 valence electrons. The summed E-state index contributed by atoms with van der Waals surface area (Å²) in [7, 11) is 0. The minimum absolute atomic E-state index is 0.0774. The van der Waals surface area contributed by atoms with Gasteiger partial charge in [0.15, 0.2) is 0 Å². The second kappa shape index (κ2) is 8.08. The Balaban J connectivity index is 1.91. The van der Waals surface area contributed by atoms with Crippen LogP contribution in [0.15, 0.2) is 0 Å². The molecule has 0 radical (unpaired) electrons. The molecule has 0 saturated heterocycles. The molecule has 18 heavy (non-hydrogen) atoms. The van der Waals surface area contributed by atoms with Crippen LogP contribution in [0.2, 0.25) is 0 Å². The number of amides is 1. The molecule has 0 aliphatic heterocycles. The second-order valence-corrected chi connectivity index (χ2v) is 5.15. The van der Waals surface area contributed by atoms with Crippen LogP contribution in [0.5, 0.6) is 0 Å². The van der Waals surface area contributed by atoms with Gasteiger partial charge in [-0.2, -0.15) is 0 Å². The van der Waals surface area contributed by atoms with Crippen molar-refractivity contribution in [1.29, 1.82) is 0 Å². The van der Waals surface area contributed by atoms with Crippen molar-refractivity contribution in [3.8, 4) is 0 Å². The highest BCUT2D eigenvalue weighted by atomic mass is 16.4. The molecule has 0 bridgehead atoms. The number of carboxylic acids is 1. The Bertz CT molecular complexity index is 277. The zero-order chi connectivity index (χ0) is 13.4. The molecule has 0 heterocycles. The lowest BCUT2D eigenvalue weighted by atomic mass is 10.0. The lowest BCUT2D eigenvalue weighted by Crippen LogP contribution is -2.29. The highest BCUT2D eigenvalue weighted by Crippen LogP contribution is 2.18. The molecule has 5 nitrogen and oxygen atoms in total. The Morgan fingerprint density at radius 1 is 1.22 bits per heavy atom.